The van der Waals surface area contributed by atoms with Crippen molar-refractivity contribution in [2.75, 3.05) is 11.9 Å². The number of rotatable bonds is 1. The van der Waals surface area contributed by atoms with Gasteiger partial charge in [-0.1, -0.05) is 23.7 Å². The first kappa shape index (κ1) is 12.2. The van der Waals surface area contributed by atoms with Crippen LogP contribution in [0, 0.1) is 0 Å². The summed E-state index contributed by atoms with van der Waals surface area (Å²) in [5, 5.41) is 7.26. The summed E-state index contributed by atoms with van der Waals surface area (Å²) in [6.07, 6.45) is 2.31. The van der Waals surface area contributed by atoms with E-state index in [1.54, 1.807) is 11.3 Å². The van der Waals surface area contributed by atoms with Gasteiger partial charge in [0.1, 0.15) is 11.2 Å². The maximum atomic E-state index is 12.7. The van der Waals surface area contributed by atoms with Crippen molar-refractivity contribution in [3.63, 3.8) is 0 Å². The largest absolute Gasteiger partial charge is 0.356 e. The van der Waals surface area contributed by atoms with E-state index in [-0.39, 0.29) is 12.1 Å². The van der Waals surface area contributed by atoms with Crippen molar-refractivity contribution in [2.45, 2.75) is 19.0 Å². The molecule has 2 aromatic rings. The van der Waals surface area contributed by atoms with Crippen LogP contribution in [0.15, 0.2) is 29.6 Å². The van der Waals surface area contributed by atoms with Gasteiger partial charge in [-0.25, -0.2) is 0 Å². The second-order valence-corrected chi connectivity index (χ2v) is 6.48. The van der Waals surface area contributed by atoms with Crippen LogP contribution in [0.1, 0.15) is 23.2 Å². The van der Waals surface area contributed by atoms with E-state index in [4.69, 9.17) is 11.6 Å². The maximum Gasteiger partial charge on any atom is 0.259 e. The predicted octanol–water partition coefficient (Wildman–Crippen LogP) is 4.06. The highest BCUT2D eigenvalue weighted by atomic mass is 35.5. The van der Waals surface area contributed by atoms with Crippen LogP contribution in [0.25, 0.3) is 11.1 Å². The van der Waals surface area contributed by atoms with Crippen molar-refractivity contribution >= 4 is 33.8 Å². The lowest BCUT2D eigenvalue weighted by atomic mass is 10.0. The molecule has 102 valence electrons. The normalized spacial score (nSPS) is 20.6. The van der Waals surface area contributed by atoms with Crippen LogP contribution >= 0.6 is 22.9 Å². The number of carbonyl (C=O) groups excluding carboxylic acids is 1. The van der Waals surface area contributed by atoms with Gasteiger partial charge in [-0.05, 0) is 30.5 Å². The molecule has 20 heavy (non-hydrogen) atoms. The molecule has 4 rings (SSSR count). The van der Waals surface area contributed by atoms with E-state index < -0.39 is 0 Å². The second-order valence-electron chi connectivity index (χ2n) is 5.16. The van der Waals surface area contributed by atoms with Gasteiger partial charge in [0, 0.05) is 22.5 Å². The quantitative estimate of drug-likeness (QED) is 0.862. The molecule has 3 nitrogen and oxygen atoms in total. The number of nitrogens with one attached hydrogen (secondary N) is 1. The van der Waals surface area contributed by atoms with Gasteiger partial charge in [-0.2, -0.15) is 0 Å². The first-order valence-corrected chi connectivity index (χ1v) is 7.95. The summed E-state index contributed by atoms with van der Waals surface area (Å²) in [4.78, 5) is 14.6. The van der Waals surface area contributed by atoms with Crippen LogP contribution < -0.4 is 5.32 Å². The molecular formula is C15H13ClN2OS. The number of fused-ring (bicyclic) bond motifs is 2. The minimum Gasteiger partial charge on any atom is -0.356 e. The molecule has 2 aliphatic heterocycles. The smallest absolute Gasteiger partial charge is 0.259 e. The molecule has 2 aliphatic rings. The van der Waals surface area contributed by atoms with E-state index in [9.17, 15) is 4.79 Å². The first-order valence-electron chi connectivity index (χ1n) is 6.69. The standard InChI is InChI=1S/C15H13ClN2OS/c16-10-5-3-9(4-6-10)11-8-20-14-13(11)15(19)18-7-1-2-12(18)17-14/h3-6,8,12,17H,1-2,7H2/t12-/m1/s1. The lowest BCUT2D eigenvalue weighted by molar-refractivity contribution is 0.0742. The number of amides is 1. The van der Waals surface area contributed by atoms with Crippen LogP contribution in [-0.2, 0) is 0 Å². The summed E-state index contributed by atoms with van der Waals surface area (Å²) in [7, 11) is 0. The Labute approximate surface area is 126 Å². The van der Waals surface area contributed by atoms with Crippen LogP contribution in [-0.4, -0.2) is 23.5 Å². The minimum atomic E-state index is 0.160. The zero-order valence-electron chi connectivity index (χ0n) is 10.7. The van der Waals surface area contributed by atoms with Gasteiger partial charge < -0.3 is 10.2 Å². The maximum absolute atomic E-state index is 12.7. The number of halogens is 1. The molecule has 1 aromatic carbocycles. The fourth-order valence-electron chi connectivity index (χ4n) is 2.97. The Morgan fingerprint density at radius 3 is 2.90 bits per heavy atom. The minimum absolute atomic E-state index is 0.160. The van der Waals surface area contributed by atoms with E-state index in [0.717, 1.165) is 41.1 Å². The lowest BCUT2D eigenvalue weighted by Crippen LogP contribution is -2.44. The van der Waals surface area contributed by atoms with E-state index in [1.165, 1.54) is 0 Å². The molecule has 1 N–H and O–H groups in total. The molecule has 1 fully saturated rings. The summed E-state index contributed by atoms with van der Waals surface area (Å²) >= 11 is 7.55. The van der Waals surface area contributed by atoms with Gasteiger partial charge in [0.15, 0.2) is 0 Å². The number of hydrogen-bond donors (Lipinski definition) is 1. The molecule has 0 saturated carbocycles. The Bertz CT molecular complexity index is 680. The SMILES string of the molecule is O=C1c2c(-c3ccc(Cl)cc3)csc2N[C@H]2CCCN12. The number of anilines is 1. The van der Waals surface area contributed by atoms with Gasteiger partial charge in [-0.15, -0.1) is 11.3 Å². The fraction of sp³-hybridized carbons (Fsp3) is 0.267. The highest BCUT2D eigenvalue weighted by molar-refractivity contribution is 7.15. The van der Waals surface area contributed by atoms with E-state index in [0.29, 0.717) is 5.02 Å². The van der Waals surface area contributed by atoms with Crippen molar-refractivity contribution in [1.29, 1.82) is 0 Å². The molecule has 1 atom stereocenters. The summed E-state index contributed by atoms with van der Waals surface area (Å²) in [5.41, 5.74) is 2.86. The summed E-state index contributed by atoms with van der Waals surface area (Å²) in [6.45, 7) is 0.853. The number of thiophene rings is 1. The van der Waals surface area contributed by atoms with Gasteiger partial charge in [-0.3, -0.25) is 4.79 Å². The number of hydrogen-bond acceptors (Lipinski definition) is 3. The third kappa shape index (κ3) is 1.75. The number of nitrogens with zero attached hydrogens (tertiary/aromatic N) is 1. The topological polar surface area (TPSA) is 32.3 Å². The van der Waals surface area contributed by atoms with Crippen molar-refractivity contribution in [1.82, 2.24) is 4.90 Å². The predicted molar refractivity (Wildman–Crippen MR) is 82.4 cm³/mol. The van der Waals surface area contributed by atoms with E-state index >= 15 is 0 Å². The van der Waals surface area contributed by atoms with Gasteiger partial charge >= 0.3 is 0 Å². The fourth-order valence-corrected chi connectivity index (χ4v) is 4.11. The second kappa shape index (κ2) is 4.50. The molecule has 1 amide bonds. The molecule has 0 radical (unpaired) electrons. The summed E-state index contributed by atoms with van der Waals surface area (Å²) < 4.78 is 0. The Hall–Kier alpha value is -1.52. The lowest BCUT2D eigenvalue weighted by Gasteiger charge is -2.31. The summed E-state index contributed by atoms with van der Waals surface area (Å²) in [6, 6.07) is 7.66. The Kier molecular flexibility index (Phi) is 2.75. The monoisotopic (exact) mass is 304 g/mol. The highest BCUT2D eigenvalue weighted by Gasteiger charge is 2.37. The van der Waals surface area contributed by atoms with E-state index in [1.807, 2.05) is 29.2 Å². The van der Waals surface area contributed by atoms with Crippen molar-refractivity contribution in [2.24, 2.45) is 0 Å². The van der Waals surface area contributed by atoms with Gasteiger partial charge in [0.25, 0.3) is 5.91 Å². The van der Waals surface area contributed by atoms with Crippen molar-refractivity contribution in [3.05, 3.63) is 40.2 Å². The Balaban J connectivity index is 1.81. The number of benzene rings is 1. The molecule has 3 heterocycles. The Morgan fingerprint density at radius 1 is 1.30 bits per heavy atom. The molecule has 1 aromatic heterocycles. The molecule has 0 spiro atoms. The van der Waals surface area contributed by atoms with Gasteiger partial charge in [0.2, 0.25) is 0 Å². The zero-order valence-corrected chi connectivity index (χ0v) is 12.3. The molecule has 0 unspecified atom stereocenters. The first-order chi connectivity index (χ1) is 9.74. The molecule has 5 heteroatoms. The van der Waals surface area contributed by atoms with Crippen LogP contribution in [0.2, 0.25) is 5.02 Å². The van der Waals surface area contributed by atoms with Crippen molar-refractivity contribution in [3.8, 4) is 11.1 Å². The highest BCUT2D eigenvalue weighted by Crippen LogP contribution is 2.41. The zero-order chi connectivity index (χ0) is 13.7. The third-order valence-electron chi connectivity index (χ3n) is 3.97. The molecule has 0 aliphatic carbocycles. The molecule has 1 saturated heterocycles. The van der Waals surface area contributed by atoms with Crippen LogP contribution in [0.5, 0.6) is 0 Å². The third-order valence-corrected chi connectivity index (χ3v) is 5.13. The number of carbonyl (C=O) groups is 1. The Morgan fingerprint density at radius 2 is 2.10 bits per heavy atom. The summed E-state index contributed by atoms with van der Waals surface area (Å²) in [5.74, 6) is 0.160. The van der Waals surface area contributed by atoms with E-state index in [2.05, 4.69) is 10.7 Å². The van der Waals surface area contributed by atoms with Crippen LogP contribution in [0.4, 0.5) is 5.00 Å². The molecule has 0 bridgehead atoms. The van der Waals surface area contributed by atoms with Gasteiger partial charge in [0.05, 0.1) is 5.56 Å². The average molecular weight is 305 g/mol. The molecular weight excluding hydrogens is 292 g/mol. The van der Waals surface area contributed by atoms with Crippen molar-refractivity contribution < 1.29 is 4.79 Å². The van der Waals surface area contributed by atoms with Crippen LogP contribution in [0.3, 0.4) is 0 Å². The average Bonchev–Trinajstić information content (AvgIpc) is 3.07.